The number of benzene rings is 2. The zero-order valence-electron chi connectivity index (χ0n) is 11.6. The van der Waals surface area contributed by atoms with Gasteiger partial charge in [-0.2, -0.15) is 0 Å². The molecule has 0 saturated carbocycles. The number of Topliss-reactive ketones (excluding diaryl/α,β-unsaturated/α-hetero) is 1. The number of hydrogen-bond acceptors (Lipinski definition) is 1. The van der Waals surface area contributed by atoms with Gasteiger partial charge in [0, 0.05) is 12.0 Å². The van der Waals surface area contributed by atoms with Crippen molar-refractivity contribution in [3.05, 3.63) is 70.0 Å². The molecule has 1 atom stereocenters. The standard InChI is InChI=1S/C18H16ClFO/c19-17-11-14(20)8-9-16(17)18(21)10-13-6-3-5-12-4-1-2-7-15(12)13/h1-2,4,7-9,11,13H,3,5-6,10H2. The molecule has 0 aliphatic heterocycles. The molecule has 1 unspecified atom stereocenters. The van der Waals surface area contributed by atoms with E-state index in [2.05, 4.69) is 12.1 Å². The molecule has 108 valence electrons. The molecule has 1 nitrogen and oxygen atoms in total. The minimum absolute atomic E-state index is 0.0123. The minimum atomic E-state index is -0.417. The molecule has 0 fully saturated rings. The molecule has 0 aromatic heterocycles. The Morgan fingerprint density at radius 2 is 2.05 bits per heavy atom. The first-order chi connectivity index (χ1) is 10.1. The Balaban J connectivity index is 1.83. The van der Waals surface area contributed by atoms with E-state index in [0.717, 1.165) is 19.3 Å². The highest BCUT2D eigenvalue weighted by Gasteiger charge is 2.23. The van der Waals surface area contributed by atoms with Crippen molar-refractivity contribution >= 4 is 17.4 Å². The summed E-state index contributed by atoms with van der Waals surface area (Å²) in [5, 5.41) is 0.198. The summed E-state index contributed by atoms with van der Waals surface area (Å²) in [6.07, 6.45) is 3.63. The van der Waals surface area contributed by atoms with Crippen molar-refractivity contribution < 1.29 is 9.18 Å². The third-order valence-electron chi connectivity index (χ3n) is 4.16. The summed E-state index contributed by atoms with van der Waals surface area (Å²) in [7, 11) is 0. The van der Waals surface area contributed by atoms with Crippen LogP contribution >= 0.6 is 11.6 Å². The highest BCUT2D eigenvalue weighted by molar-refractivity contribution is 6.34. The van der Waals surface area contributed by atoms with E-state index >= 15 is 0 Å². The summed E-state index contributed by atoms with van der Waals surface area (Å²) in [6, 6.07) is 12.3. The Morgan fingerprint density at radius 1 is 1.24 bits per heavy atom. The third kappa shape index (κ3) is 3.01. The molecule has 0 heterocycles. The van der Waals surface area contributed by atoms with Crippen molar-refractivity contribution in [1.29, 1.82) is 0 Å². The zero-order chi connectivity index (χ0) is 14.8. The van der Waals surface area contributed by atoms with Crippen molar-refractivity contribution in [1.82, 2.24) is 0 Å². The zero-order valence-corrected chi connectivity index (χ0v) is 12.4. The second-order valence-electron chi connectivity index (χ2n) is 5.54. The first-order valence-electron chi connectivity index (χ1n) is 7.21. The molecule has 3 heteroatoms. The fourth-order valence-electron chi connectivity index (χ4n) is 3.12. The second-order valence-corrected chi connectivity index (χ2v) is 5.95. The van der Waals surface area contributed by atoms with E-state index in [9.17, 15) is 9.18 Å². The number of rotatable bonds is 3. The monoisotopic (exact) mass is 302 g/mol. The molecular formula is C18H16ClFO. The van der Waals surface area contributed by atoms with Crippen LogP contribution in [0.2, 0.25) is 5.02 Å². The summed E-state index contributed by atoms with van der Waals surface area (Å²) < 4.78 is 13.1. The lowest BCUT2D eigenvalue weighted by Crippen LogP contribution is -2.14. The van der Waals surface area contributed by atoms with Gasteiger partial charge in [0.2, 0.25) is 0 Å². The summed E-state index contributed by atoms with van der Waals surface area (Å²) >= 11 is 5.98. The molecule has 0 saturated heterocycles. The van der Waals surface area contributed by atoms with Crippen LogP contribution in [0.3, 0.4) is 0 Å². The highest BCUT2D eigenvalue weighted by atomic mass is 35.5. The van der Waals surface area contributed by atoms with Crippen molar-refractivity contribution in [3.8, 4) is 0 Å². The number of ketones is 1. The largest absolute Gasteiger partial charge is 0.294 e. The molecule has 2 aromatic rings. The molecule has 1 aliphatic rings. The molecule has 1 aliphatic carbocycles. The summed E-state index contributed by atoms with van der Waals surface area (Å²) in [6.45, 7) is 0. The van der Waals surface area contributed by atoms with Crippen molar-refractivity contribution in [2.45, 2.75) is 31.6 Å². The van der Waals surface area contributed by atoms with Crippen LogP contribution in [0.4, 0.5) is 4.39 Å². The molecular weight excluding hydrogens is 287 g/mol. The molecule has 0 N–H and O–H groups in total. The molecule has 3 rings (SSSR count). The van der Waals surface area contributed by atoms with Gasteiger partial charge in [-0.3, -0.25) is 4.79 Å². The Labute approximate surface area is 128 Å². The number of aryl methyl sites for hydroxylation is 1. The molecule has 0 radical (unpaired) electrons. The molecule has 21 heavy (non-hydrogen) atoms. The van der Waals surface area contributed by atoms with Crippen LogP contribution in [0.1, 0.15) is 46.7 Å². The van der Waals surface area contributed by atoms with Gasteiger partial charge in [-0.25, -0.2) is 4.39 Å². The molecule has 0 spiro atoms. The van der Waals surface area contributed by atoms with E-state index in [1.165, 1.54) is 29.3 Å². The average molecular weight is 303 g/mol. The maximum atomic E-state index is 13.1. The average Bonchev–Trinajstić information content (AvgIpc) is 2.47. The van der Waals surface area contributed by atoms with Gasteiger partial charge < -0.3 is 0 Å². The number of halogens is 2. The lowest BCUT2D eigenvalue weighted by atomic mass is 9.79. The van der Waals surface area contributed by atoms with Crippen LogP contribution in [0, 0.1) is 5.82 Å². The second kappa shape index (κ2) is 5.98. The smallest absolute Gasteiger partial charge is 0.164 e. The molecule has 2 aromatic carbocycles. The van der Waals surface area contributed by atoms with E-state index < -0.39 is 5.82 Å². The van der Waals surface area contributed by atoms with Crippen LogP contribution in [-0.4, -0.2) is 5.78 Å². The topological polar surface area (TPSA) is 17.1 Å². The van der Waals surface area contributed by atoms with Gasteiger partial charge in [0.05, 0.1) is 5.02 Å². The maximum Gasteiger partial charge on any atom is 0.164 e. The number of carbonyl (C=O) groups excluding carboxylic acids is 1. The lowest BCUT2D eigenvalue weighted by Gasteiger charge is -2.25. The van der Waals surface area contributed by atoms with Crippen molar-refractivity contribution in [3.63, 3.8) is 0 Å². The third-order valence-corrected chi connectivity index (χ3v) is 4.47. The summed E-state index contributed by atoms with van der Waals surface area (Å²) in [5.41, 5.74) is 3.03. The Kier molecular flexibility index (Phi) is 4.07. The van der Waals surface area contributed by atoms with Crippen LogP contribution in [0.5, 0.6) is 0 Å². The predicted octanol–water partition coefficient (Wildman–Crippen LogP) is 5.17. The lowest BCUT2D eigenvalue weighted by molar-refractivity contribution is 0.0971. The predicted molar refractivity (Wildman–Crippen MR) is 82.5 cm³/mol. The van der Waals surface area contributed by atoms with Crippen LogP contribution in [0.15, 0.2) is 42.5 Å². The summed E-state index contributed by atoms with van der Waals surface area (Å²) in [4.78, 5) is 12.4. The van der Waals surface area contributed by atoms with Crippen molar-refractivity contribution in [2.75, 3.05) is 0 Å². The van der Waals surface area contributed by atoms with Gasteiger partial charge in [0.25, 0.3) is 0 Å². The first-order valence-corrected chi connectivity index (χ1v) is 7.59. The first kappa shape index (κ1) is 14.3. The minimum Gasteiger partial charge on any atom is -0.294 e. The highest BCUT2D eigenvalue weighted by Crippen LogP contribution is 2.35. The molecule has 0 amide bonds. The number of carbonyl (C=O) groups is 1. The van der Waals surface area contributed by atoms with Gasteiger partial charge in [0.1, 0.15) is 5.82 Å². The quantitative estimate of drug-likeness (QED) is 0.715. The van der Waals surface area contributed by atoms with Crippen molar-refractivity contribution in [2.24, 2.45) is 0 Å². The number of fused-ring (bicyclic) bond motifs is 1. The SMILES string of the molecule is O=C(CC1CCCc2ccccc21)c1ccc(F)cc1Cl. The summed E-state index contributed by atoms with van der Waals surface area (Å²) in [5.74, 6) is -0.190. The van der Waals surface area contributed by atoms with Gasteiger partial charge in [-0.1, -0.05) is 35.9 Å². The fraction of sp³-hybridized carbons (Fsp3) is 0.278. The van der Waals surface area contributed by atoms with E-state index in [1.807, 2.05) is 12.1 Å². The number of hydrogen-bond donors (Lipinski definition) is 0. The maximum absolute atomic E-state index is 13.1. The van der Waals surface area contributed by atoms with Crippen LogP contribution < -0.4 is 0 Å². The Morgan fingerprint density at radius 3 is 2.86 bits per heavy atom. The van der Waals surface area contributed by atoms with Gasteiger partial charge >= 0.3 is 0 Å². The van der Waals surface area contributed by atoms with E-state index in [0.29, 0.717) is 12.0 Å². The van der Waals surface area contributed by atoms with Crippen LogP contribution in [0.25, 0.3) is 0 Å². The molecule has 0 bridgehead atoms. The van der Waals surface area contributed by atoms with E-state index in [1.54, 1.807) is 0 Å². The van der Waals surface area contributed by atoms with Gasteiger partial charge in [0.15, 0.2) is 5.78 Å². The van der Waals surface area contributed by atoms with E-state index in [-0.39, 0.29) is 16.7 Å². The Hall–Kier alpha value is -1.67. The normalized spacial score (nSPS) is 17.3. The van der Waals surface area contributed by atoms with E-state index in [4.69, 9.17) is 11.6 Å². The fourth-order valence-corrected chi connectivity index (χ4v) is 3.39. The van der Waals surface area contributed by atoms with Gasteiger partial charge in [-0.05, 0) is 54.5 Å². The Bertz CT molecular complexity index is 681. The van der Waals surface area contributed by atoms with Crippen LogP contribution in [-0.2, 0) is 6.42 Å². The van der Waals surface area contributed by atoms with Gasteiger partial charge in [-0.15, -0.1) is 0 Å².